The van der Waals surface area contributed by atoms with E-state index in [9.17, 15) is 4.79 Å². The number of carbonyl (C=O) groups excluding carboxylic acids is 1. The average Bonchev–Trinajstić information content (AvgIpc) is 2.75. The summed E-state index contributed by atoms with van der Waals surface area (Å²) in [4.78, 5) is 17.6. The van der Waals surface area contributed by atoms with Crippen molar-refractivity contribution in [3.63, 3.8) is 0 Å². The molecule has 0 radical (unpaired) electrons. The molecule has 5 heteroatoms. The molecule has 1 aliphatic heterocycles. The van der Waals surface area contributed by atoms with Gasteiger partial charge in [-0.1, -0.05) is 30.3 Å². The van der Waals surface area contributed by atoms with Crippen LogP contribution in [0, 0.1) is 0 Å². The second kappa shape index (κ2) is 9.71. The van der Waals surface area contributed by atoms with Crippen LogP contribution >= 0.6 is 0 Å². The molecule has 0 bridgehead atoms. The molecule has 1 atom stereocenters. The van der Waals surface area contributed by atoms with Gasteiger partial charge in [0.2, 0.25) is 0 Å². The third-order valence-corrected chi connectivity index (χ3v) is 5.93. The normalized spacial score (nSPS) is 20.4. The summed E-state index contributed by atoms with van der Waals surface area (Å²) in [5, 5.41) is 0. The molecule has 2 N–H and O–H groups in total. The molecular weight excluding hydrogens is 350 g/mol. The van der Waals surface area contributed by atoms with E-state index >= 15 is 0 Å². The number of methoxy groups -OCH3 is 1. The van der Waals surface area contributed by atoms with Crippen molar-refractivity contribution in [3.8, 4) is 5.75 Å². The van der Waals surface area contributed by atoms with E-state index in [1.54, 1.807) is 12.0 Å². The van der Waals surface area contributed by atoms with Gasteiger partial charge < -0.3 is 19.4 Å². The van der Waals surface area contributed by atoms with E-state index in [1.165, 1.54) is 16.0 Å². The lowest BCUT2D eigenvalue weighted by Crippen LogP contribution is -3.28. The molecule has 1 heterocycles. The number of hydrogen-bond acceptors (Lipinski definition) is 2. The molecule has 1 aliphatic rings. The first-order valence-electron chi connectivity index (χ1n) is 10.2. The van der Waals surface area contributed by atoms with Crippen LogP contribution in [0.25, 0.3) is 0 Å². The van der Waals surface area contributed by atoms with Crippen molar-refractivity contribution in [3.05, 3.63) is 65.7 Å². The Hall–Kier alpha value is -2.37. The van der Waals surface area contributed by atoms with Gasteiger partial charge in [-0.25, -0.2) is 0 Å². The van der Waals surface area contributed by atoms with Gasteiger partial charge in [-0.3, -0.25) is 4.79 Å². The van der Waals surface area contributed by atoms with Crippen LogP contribution in [0.4, 0.5) is 0 Å². The molecule has 0 saturated carbocycles. The van der Waals surface area contributed by atoms with Crippen LogP contribution in [0.15, 0.2) is 54.6 Å². The molecule has 1 saturated heterocycles. The Morgan fingerprint density at radius 1 is 1.00 bits per heavy atom. The van der Waals surface area contributed by atoms with Crippen molar-refractivity contribution in [2.24, 2.45) is 0 Å². The van der Waals surface area contributed by atoms with Crippen molar-refractivity contribution in [1.29, 1.82) is 0 Å². The Kier molecular flexibility index (Phi) is 7.06. The zero-order valence-corrected chi connectivity index (χ0v) is 17.3. The average molecular weight is 384 g/mol. The van der Waals surface area contributed by atoms with E-state index in [0.717, 1.165) is 38.5 Å². The number of ether oxygens (including phenoxy) is 1. The lowest BCUT2D eigenvalue weighted by molar-refractivity contribution is -1.02. The number of benzene rings is 2. The van der Waals surface area contributed by atoms with Gasteiger partial charge in [0.25, 0.3) is 5.91 Å². The molecule has 3 rings (SSSR count). The smallest absolute Gasteiger partial charge is 0.278 e. The summed E-state index contributed by atoms with van der Waals surface area (Å²) in [6.45, 7) is 8.02. The molecule has 0 aromatic heterocycles. The molecule has 2 aromatic carbocycles. The topological polar surface area (TPSA) is 38.4 Å². The van der Waals surface area contributed by atoms with E-state index in [-0.39, 0.29) is 11.9 Å². The fourth-order valence-corrected chi connectivity index (χ4v) is 3.85. The molecular formula is C23H33N3O2+2. The lowest BCUT2D eigenvalue weighted by Gasteiger charge is -2.31. The maximum atomic E-state index is 12.7. The Morgan fingerprint density at radius 3 is 2.21 bits per heavy atom. The van der Waals surface area contributed by atoms with Gasteiger partial charge >= 0.3 is 0 Å². The highest BCUT2D eigenvalue weighted by Gasteiger charge is 2.27. The highest BCUT2D eigenvalue weighted by molar-refractivity contribution is 5.77. The number of carbonyl (C=O) groups is 1. The summed E-state index contributed by atoms with van der Waals surface area (Å²) in [6.07, 6.45) is 0. The molecule has 1 amide bonds. The van der Waals surface area contributed by atoms with Crippen molar-refractivity contribution in [2.45, 2.75) is 19.5 Å². The fourth-order valence-electron chi connectivity index (χ4n) is 3.85. The largest absolute Gasteiger partial charge is 0.497 e. The quantitative estimate of drug-likeness (QED) is 0.717. The molecule has 0 spiro atoms. The zero-order valence-electron chi connectivity index (χ0n) is 17.3. The number of likely N-dealkylation sites (N-methyl/N-ethyl adjacent to an activating group) is 1. The van der Waals surface area contributed by atoms with Crippen LogP contribution in [0.3, 0.4) is 0 Å². The highest BCUT2D eigenvalue weighted by atomic mass is 16.5. The minimum atomic E-state index is 0.107. The molecule has 0 unspecified atom stereocenters. The number of hydrogen-bond donors (Lipinski definition) is 2. The summed E-state index contributed by atoms with van der Waals surface area (Å²) < 4.78 is 5.23. The van der Waals surface area contributed by atoms with Crippen LogP contribution in [-0.4, -0.2) is 57.7 Å². The minimum absolute atomic E-state index is 0.107. The van der Waals surface area contributed by atoms with Crippen molar-refractivity contribution < 1.29 is 19.3 Å². The fraction of sp³-hybridized carbons (Fsp3) is 0.435. The molecule has 150 valence electrons. The maximum Gasteiger partial charge on any atom is 0.278 e. The van der Waals surface area contributed by atoms with E-state index in [0.29, 0.717) is 6.54 Å². The van der Waals surface area contributed by atoms with Crippen LogP contribution in [0.5, 0.6) is 5.75 Å². The first-order chi connectivity index (χ1) is 13.6. The van der Waals surface area contributed by atoms with Gasteiger partial charge in [-0.15, -0.1) is 0 Å². The van der Waals surface area contributed by atoms with E-state index in [1.807, 2.05) is 42.3 Å². The van der Waals surface area contributed by atoms with Crippen LogP contribution in [0.1, 0.15) is 24.1 Å². The monoisotopic (exact) mass is 383 g/mol. The number of piperazine rings is 1. The second-order valence-corrected chi connectivity index (χ2v) is 7.79. The van der Waals surface area contributed by atoms with Gasteiger partial charge in [0, 0.05) is 12.6 Å². The molecule has 1 fully saturated rings. The third-order valence-electron chi connectivity index (χ3n) is 5.93. The first-order valence-corrected chi connectivity index (χ1v) is 10.2. The minimum Gasteiger partial charge on any atom is -0.497 e. The van der Waals surface area contributed by atoms with Crippen LogP contribution in [-0.2, 0) is 11.3 Å². The Bertz CT molecular complexity index is 740. The number of rotatable bonds is 7. The van der Waals surface area contributed by atoms with Gasteiger partial charge in [-0.2, -0.15) is 0 Å². The van der Waals surface area contributed by atoms with Crippen molar-refractivity contribution in [2.75, 3.05) is 46.9 Å². The number of quaternary nitrogens is 2. The lowest BCUT2D eigenvalue weighted by atomic mass is 10.1. The molecule has 0 aliphatic carbocycles. The Balaban J connectivity index is 1.45. The highest BCUT2D eigenvalue weighted by Crippen LogP contribution is 2.17. The summed E-state index contributed by atoms with van der Waals surface area (Å²) in [7, 11) is 3.62. The van der Waals surface area contributed by atoms with Crippen molar-refractivity contribution in [1.82, 2.24) is 4.90 Å². The number of nitrogens with one attached hydrogen (secondary N) is 2. The van der Waals surface area contributed by atoms with Gasteiger partial charge in [-0.05, 0) is 36.8 Å². The number of amides is 1. The first kappa shape index (κ1) is 20.4. The molecule has 2 aromatic rings. The third kappa shape index (κ3) is 5.33. The summed E-state index contributed by atoms with van der Waals surface area (Å²) in [6, 6.07) is 18.7. The predicted octanol–water partition coefficient (Wildman–Crippen LogP) is 0.198. The van der Waals surface area contributed by atoms with Crippen molar-refractivity contribution >= 4 is 5.91 Å². The zero-order chi connectivity index (χ0) is 19.9. The van der Waals surface area contributed by atoms with E-state index in [2.05, 4.69) is 31.2 Å². The van der Waals surface area contributed by atoms with Gasteiger partial charge in [0.1, 0.15) is 38.5 Å². The SMILES string of the molecule is COc1ccc(C[NH+]2CC[NH+](CC(=O)N(C)[C@@H](C)c3ccccc3)CC2)cc1. The predicted molar refractivity (Wildman–Crippen MR) is 111 cm³/mol. The number of nitrogens with zero attached hydrogens (tertiary/aromatic N) is 1. The Morgan fingerprint density at radius 2 is 1.61 bits per heavy atom. The van der Waals surface area contributed by atoms with Crippen LogP contribution < -0.4 is 14.5 Å². The molecule has 5 nitrogen and oxygen atoms in total. The van der Waals surface area contributed by atoms with Crippen LogP contribution in [0.2, 0.25) is 0 Å². The van der Waals surface area contributed by atoms with Gasteiger partial charge in [0.15, 0.2) is 6.54 Å². The van der Waals surface area contributed by atoms with E-state index in [4.69, 9.17) is 4.74 Å². The summed E-state index contributed by atoms with van der Waals surface area (Å²) in [5.74, 6) is 1.13. The summed E-state index contributed by atoms with van der Waals surface area (Å²) >= 11 is 0. The van der Waals surface area contributed by atoms with E-state index < -0.39 is 0 Å². The molecule has 28 heavy (non-hydrogen) atoms. The maximum absolute atomic E-state index is 12.7. The Labute approximate surface area is 168 Å². The second-order valence-electron chi connectivity index (χ2n) is 7.79. The van der Waals surface area contributed by atoms with Gasteiger partial charge in [0.05, 0.1) is 13.2 Å². The summed E-state index contributed by atoms with van der Waals surface area (Å²) in [5.41, 5.74) is 2.52. The standard InChI is InChI=1S/C23H31N3O2/c1-19(21-7-5-4-6-8-21)24(2)23(27)18-26-15-13-25(14-16-26)17-20-9-11-22(28-3)12-10-20/h4-12,19H,13-18H2,1-3H3/p+2/t19-/m0/s1.